The van der Waals surface area contributed by atoms with Crippen molar-refractivity contribution in [2.45, 2.75) is 17.7 Å². The fourth-order valence-electron chi connectivity index (χ4n) is 1.92. The van der Waals surface area contributed by atoms with E-state index in [0.717, 1.165) is 21.4 Å². The number of halogens is 1. The van der Waals surface area contributed by atoms with Gasteiger partial charge in [0.2, 0.25) is 0 Å². The molecule has 19 heavy (non-hydrogen) atoms. The van der Waals surface area contributed by atoms with Gasteiger partial charge in [0.15, 0.2) is 5.78 Å². The van der Waals surface area contributed by atoms with E-state index in [1.54, 1.807) is 11.8 Å². The van der Waals surface area contributed by atoms with Gasteiger partial charge in [0.05, 0.1) is 0 Å². The van der Waals surface area contributed by atoms with E-state index >= 15 is 0 Å². The number of hydrogen-bond donors (Lipinski definition) is 0. The second-order valence-electron chi connectivity index (χ2n) is 4.25. The van der Waals surface area contributed by atoms with Crippen LogP contribution in [-0.4, -0.2) is 12.0 Å². The van der Waals surface area contributed by atoms with Crippen molar-refractivity contribution < 1.29 is 4.79 Å². The summed E-state index contributed by atoms with van der Waals surface area (Å²) in [5, 5.41) is 0. The molecule has 0 saturated carbocycles. The molecule has 0 bridgehead atoms. The molecule has 0 aliphatic rings. The zero-order valence-corrected chi connectivity index (χ0v) is 13.1. The Morgan fingerprint density at radius 2 is 1.79 bits per heavy atom. The van der Waals surface area contributed by atoms with Crippen molar-refractivity contribution in [1.82, 2.24) is 0 Å². The lowest BCUT2D eigenvalue weighted by molar-refractivity contribution is 0.0980. The molecule has 98 valence electrons. The predicted molar refractivity (Wildman–Crippen MR) is 85.0 cm³/mol. The van der Waals surface area contributed by atoms with E-state index in [-0.39, 0.29) is 5.78 Å². The first-order valence-electron chi connectivity index (χ1n) is 6.11. The van der Waals surface area contributed by atoms with Crippen LogP contribution in [-0.2, 0) is 6.42 Å². The number of ketones is 1. The molecule has 0 radical (unpaired) electrons. The zero-order chi connectivity index (χ0) is 13.7. The summed E-state index contributed by atoms with van der Waals surface area (Å²) in [5.74, 6) is 0.216. The molecule has 0 saturated heterocycles. The smallest absolute Gasteiger partial charge is 0.164 e. The van der Waals surface area contributed by atoms with Crippen molar-refractivity contribution in [3.63, 3.8) is 0 Å². The lowest BCUT2D eigenvalue weighted by atomic mass is 10.0. The minimum atomic E-state index is 0.216. The van der Waals surface area contributed by atoms with E-state index in [4.69, 9.17) is 0 Å². The molecule has 2 rings (SSSR count). The maximum atomic E-state index is 12.2. The fraction of sp³-hybridized carbons (Fsp3) is 0.188. The van der Waals surface area contributed by atoms with E-state index in [0.29, 0.717) is 6.42 Å². The van der Waals surface area contributed by atoms with Crippen LogP contribution in [0.25, 0.3) is 0 Å². The fourth-order valence-corrected chi connectivity index (χ4v) is 2.80. The van der Waals surface area contributed by atoms with Gasteiger partial charge in [-0.05, 0) is 36.4 Å². The minimum absolute atomic E-state index is 0.216. The molecule has 0 atom stereocenters. The first-order chi connectivity index (χ1) is 9.20. The van der Waals surface area contributed by atoms with Crippen molar-refractivity contribution >= 4 is 33.5 Å². The number of rotatable bonds is 5. The summed E-state index contributed by atoms with van der Waals surface area (Å²) in [6.45, 7) is 0. The minimum Gasteiger partial charge on any atom is -0.294 e. The third-order valence-corrected chi connectivity index (χ3v) is 4.29. The first-order valence-corrected chi connectivity index (χ1v) is 8.13. The van der Waals surface area contributed by atoms with E-state index in [1.165, 1.54) is 5.56 Å². The summed E-state index contributed by atoms with van der Waals surface area (Å²) in [7, 11) is 0. The highest BCUT2D eigenvalue weighted by atomic mass is 79.9. The molecule has 2 aromatic rings. The average molecular weight is 335 g/mol. The molecule has 0 amide bonds. The molecule has 0 aliphatic heterocycles. The number of benzene rings is 2. The van der Waals surface area contributed by atoms with Crippen molar-refractivity contribution in [2.75, 3.05) is 6.26 Å². The van der Waals surface area contributed by atoms with Crippen molar-refractivity contribution in [3.8, 4) is 0 Å². The monoisotopic (exact) mass is 334 g/mol. The molecule has 0 aromatic heterocycles. The van der Waals surface area contributed by atoms with Crippen LogP contribution in [0.1, 0.15) is 22.3 Å². The Morgan fingerprint density at radius 3 is 2.47 bits per heavy atom. The molecule has 0 fully saturated rings. The molecule has 2 aromatic carbocycles. The van der Waals surface area contributed by atoms with Crippen LogP contribution in [0.15, 0.2) is 57.9 Å². The lowest BCUT2D eigenvalue weighted by Gasteiger charge is -2.06. The molecule has 0 spiro atoms. The zero-order valence-electron chi connectivity index (χ0n) is 10.7. The Balaban J connectivity index is 2.03. The topological polar surface area (TPSA) is 17.1 Å². The molecule has 0 N–H and O–H groups in total. The summed E-state index contributed by atoms with van der Waals surface area (Å²) < 4.78 is 1.07. The van der Waals surface area contributed by atoms with Crippen LogP contribution in [0, 0.1) is 0 Å². The summed E-state index contributed by atoms with van der Waals surface area (Å²) in [4.78, 5) is 13.3. The standard InChI is InChI=1S/C16H15BrOS/c1-19-16-5-3-2-4-14(16)15(18)11-8-12-6-9-13(17)10-7-12/h2-7,9-10H,8,11H2,1H3. The molecule has 0 aliphatic carbocycles. The van der Waals surface area contributed by atoms with Crippen LogP contribution in [0.5, 0.6) is 0 Å². The number of aryl methyl sites for hydroxylation is 1. The Bertz CT molecular complexity index is 563. The van der Waals surface area contributed by atoms with Crippen LogP contribution in [0.3, 0.4) is 0 Å². The van der Waals surface area contributed by atoms with Crippen LogP contribution in [0.4, 0.5) is 0 Å². The summed E-state index contributed by atoms with van der Waals surface area (Å²) in [5.41, 5.74) is 2.03. The van der Waals surface area contributed by atoms with Gasteiger partial charge >= 0.3 is 0 Å². The average Bonchev–Trinajstić information content (AvgIpc) is 2.46. The van der Waals surface area contributed by atoms with Gasteiger partial charge in [-0.15, -0.1) is 11.8 Å². The number of hydrogen-bond acceptors (Lipinski definition) is 2. The molecule has 0 heterocycles. The Kier molecular flexibility index (Phi) is 5.23. The second kappa shape index (κ2) is 6.92. The number of Topliss-reactive ketones (excluding diaryl/α,β-unsaturated/α-hetero) is 1. The SMILES string of the molecule is CSc1ccccc1C(=O)CCc1ccc(Br)cc1. The van der Waals surface area contributed by atoms with Crippen molar-refractivity contribution in [2.24, 2.45) is 0 Å². The van der Waals surface area contributed by atoms with Gasteiger partial charge in [-0.25, -0.2) is 0 Å². The number of carbonyl (C=O) groups excluding carboxylic acids is 1. The van der Waals surface area contributed by atoms with E-state index in [9.17, 15) is 4.79 Å². The largest absolute Gasteiger partial charge is 0.294 e. The predicted octanol–water partition coefficient (Wildman–Crippen LogP) is 4.99. The summed E-state index contributed by atoms with van der Waals surface area (Å²) in [6.07, 6.45) is 3.34. The maximum Gasteiger partial charge on any atom is 0.164 e. The summed E-state index contributed by atoms with van der Waals surface area (Å²) >= 11 is 5.03. The third kappa shape index (κ3) is 3.95. The van der Waals surface area contributed by atoms with Gasteiger partial charge in [-0.3, -0.25) is 4.79 Å². The Morgan fingerprint density at radius 1 is 1.11 bits per heavy atom. The van der Waals surface area contributed by atoms with Crippen molar-refractivity contribution in [1.29, 1.82) is 0 Å². The number of carbonyl (C=O) groups is 1. The third-order valence-electron chi connectivity index (χ3n) is 2.96. The van der Waals surface area contributed by atoms with Gasteiger partial charge in [0.1, 0.15) is 0 Å². The van der Waals surface area contributed by atoms with E-state index in [2.05, 4.69) is 28.1 Å². The van der Waals surface area contributed by atoms with Gasteiger partial charge in [0, 0.05) is 21.4 Å². The molecular weight excluding hydrogens is 320 g/mol. The van der Waals surface area contributed by atoms with E-state index < -0.39 is 0 Å². The van der Waals surface area contributed by atoms with Gasteiger partial charge < -0.3 is 0 Å². The van der Waals surface area contributed by atoms with Gasteiger partial charge in [-0.2, -0.15) is 0 Å². The van der Waals surface area contributed by atoms with Gasteiger partial charge in [0.25, 0.3) is 0 Å². The maximum absolute atomic E-state index is 12.2. The first kappa shape index (κ1) is 14.4. The highest BCUT2D eigenvalue weighted by Gasteiger charge is 2.10. The summed E-state index contributed by atoms with van der Waals surface area (Å²) in [6, 6.07) is 15.9. The lowest BCUT2D eigenvalue weighted by Crippen LogP contribution is -2.02. The van der Waals surface area contributed by atoms with Gasteiger partial charge in [-0.1, -0.05) is 46.3 Å². The highest BCUT2D eigenvalue weighted by molar-refractivity contribution is 9.10. The highest BCUT2D eigenvalue weighted by Crippen LogP contribution is 2.22. The molecule has 3 heteroatoms. The second-order valence-corrected chi connectivity index (χ2v) is 6.01. The van der Waals surface area contributed by atoms with E-state index in [1.807, 2.05) is 42.7 Å². The van der Waals surface area contributed by atoms with Crippen LogP contribution >= 0.6 is 27.7 Å². The van der Waals surface area contributed by atoms with Crippen LogP contribution in [0.2, 0.25) is 0 Å². The van der Waals surface area contributed by atoms with Crippen LogP contribution < -0.4 is 0 Å². The Hall–Kier alpha value is -1.06. The molecule has 0 unspecified atom stereocenters. The molecule has 1 nitrogen and oxygen atoms in total. The number of thioether (sulfide) groups is 1. The molecular formula is C16H15BrOS. The normalized spacial score (nSPS) is 10.4. The quantitative estimate of drug-likeness (QED) is 0.566. The Labute approximate surface area is 126 Å². The van der Waals surface area contributed by atoms with Crippen molar-refractivity contribution in [3.05, 3.63) is 64.1 Å².